The van der Waals surface area contributed by atoms with Gasteiger partial charge >= 0.3 is 5.97 Å². The molecule has 20 heavy (non-hydrogen) atoms. The minimum absolute atomic E-state index is 0.0125. The minimum atomic E-state index is -0.782. The fourth-order valence-corrected chi connectivity index (χ4v) is 3.86. The van der Waals surface area contributed by atoms with Crippen molar-refractivity contribution in [1.82, 2.24) is 0 Å². The van der Waals surface area contributed by atoms with Crippen LogP contribution in [-0.2, 0) is 19.1 Å². The van der Waals surface area contributed by atoms with Gasteiger partial charge in [-0.25, -0.2) is 0 Å². The van der Waals surface area contributed by atoms with Crippen LogP contribution in [0.15, 0.2) is 12.2 Å². The number of carboxylic acids is 1. The van der Waals surface area contributed by atoms with Gasteiger partial charge in [-0.05, 0) is 25.2 Å². The highest BCUT2D eigenvalue weighted by molar-refractivity contribution is 5.94. The monoisotopic (exact) mass is 278 g/mol. The number of hydrogen-bond donors (Lipinski definition) is 1. The van der Waals surface area contributed by atoms with Gasteiger partial charge in [0, 0.05) is 12.3 Å². The molecule has 0 unspecified atom stereocenters. The van der Waals surface area contributed by atoms with Crippen LogP contribution in [0.25, 0.3) is 0 Å². The van der Waals surface area contributed by atoms with Crippen LogP contribution < -0.4 is 0 Å². The standard InChI is InChI=1S/C15H18O5/c16-7-9-8(5-3-1-2-4-6-10(17)18)11-13(19)12(9)15-14(11)20-15/h1,3,7-9,11-12,14-15H,2,4-6H2,(H,17,18)/b3-1-/t8-,9+,11-,12+,14-,15+/m0/s1. The normalized spacial score (nSPS) is 41.1. The molecule has 108 valence electrons. The summed E-state index contributed by atoms with van der Waals surface area (Å²) in [6, 6.07) is 0. The Hall–Kier alpha value is -1.49. The Morgan fingerprint density at radius 3 is 2.70 bits per heavy atom. The molecule has 1 saturated heterocycles. The van der Waals surface area contributed by atoms with Gasteiger partial charge in [0.05, 0.1) is 24.0 Å². The van der Waals surface area contributed by atoms with Crippen LogP contribution in [0.1, 0.15) is 25.7 Å². The van der Waals surface area contributed by atoms with Gasteiger partial charge in [-0.2, -0.15) is 0 Å². The van der Waals surface area contributed by atoms with Gasteiger partial charge in [0.25, 0.3) is 0 Å². The van der Waals surface area contributed by atoms with Gasteiger partial charge in [0.1, 0.15) is 12.1 Å². The number of epoxide rings is 1. The Labute approximate surface area is 117 Å². The summed E-state index contributed by atoms with van der Waals surface area (Å²) in [5.74, 6) is -0.983. The number of ketones is 1. The first-order valence-corrected chi connectivity index (χ1v) is 7.16. The maximum atomic E-state index is 12.1. The van der Waals surface area contributed by atoms with Gasteiger partial charge in [-0.15, -0.1) is 0 Å². The minimum Gasteiger partial charge on any atom is -0.481 e. The quantitative estimate of drug-likeness (QED) is 0.327. The van der Waals surface area contributed by atoms with E-state index >= 15 is 0 Å². The van der Waals surface area contributed by atoms with Crippen LogP contribution >= 0.6 is 0 Å². The third kappa shape index (κ3) is 2.10. The van der Waals surface area contributed by atoms with Crippen molar-refractivity contribution in [2.24, 2.45) is 23.7 Å². The molecule has 5 heteroatoms. The van der Waals surface area contributed by atoms with Crippen molar-refractivity contribution < 1.29 is 24.2 Å². The Bertz CT molecular complexity index is 469. The highest BCUT2D eigenvalue weighted by atomic mass is 16.6. The average Bonchev–Trinajstić information content (AvgIpc) is 3.09. The summed E-state index contributed by atoms with van der Waals surface area (Å²) in [6.45, 7) is 0. The summed E-state index contributed by atoms with van der Waals surface area (Å²) >= 11 is 0. The lowest BCUT2D eigenvalue weighted by Crippen LogP contribution is -2.28. The van der Waals surface area contributed by atoms with E-state index < -0.39 is 5.97 Å². The van der Waals surface area contributed by atoms with Crippen LogP contribution in [-0.4, -0.2) is 35.4 Å². The van der Waals surface area contributed by atoms with Crippen molar-refractivity contribution in [1.29, 1.82) is 0 Å². The number of unbranched alkanes of at least 4 members (excludes halogenated alkanes) is 1. The van der Waals surface area contributed by atoms with Gasteiger partial charge in [0.15, 0.2) is 0 Å². The topological polar surface area (TPSA) is 84.0 Å². The molecule has 0 aromatic carbocycles. The molecule has 1 aliphatic heterocycles. The summed E-state index contributed by atoms with van der Waals surface area (Å²) in [5.41, 5.74) is 0. The number of hydrogen-bond acceptors (Lipinski definition) is 4. The molecule has 0 aromatic heterocycles. The van der Waals surface area contributed by atoms with E-state index in [1.807, 2.05) is 12.2 Å². The first-order valence-electron chi connectivity index (χ1n) is 7.16. The van der Waals surface area contributed by atoms with E-state index in [1.54, 1.807) is 0 Å². The molecule has 6 atom stereocenters. The number of aldehydes is 1. The second kappa shape index (κ2) is 5.13. The average molecular weight is 278 g/mol. The predicted octanol–water partition coefficient (Wildman–Crippen LogP) is 1.21. The molecular formula is C15H18O5. The summed E-state index contributed by atoms with van der Waals surface area (Å²) in [6.07, 6.45) is 7.14. The maximum absolute atomic E-state index is 12.1. The zero-order chi connectivity index (χ0) is 14.3. The summed E-state index contributed by atoms with van der Waals surface area (Å²) < 4.78 is 5.47. The van der Waals surface area contributed by atoms with Crippen molar-refractivity contribution in [3.8, 4) is 0 Å². The lowest BCUT2D eigenvalue weighted by molar-refractivity contribution is -0.137. The molecule has 0 aromatic rings. The lowest BCUT2D eigenvalue weighted by atomic mass is 9.78. The molecule has 1 N–H and O–H groups in total. The van der Waals surface area contributed by atoms with Crippen molar-refractivity contribution in [2.45, 2.75) is 37.9 Å². The number of carbonyl (C=O) groups excluding carboxylic acids is 2. The van der Waals surface area contributed by atoms with Crippen LogP contribution in [0.5, 0.6) is 0 Å². The number of ether oxygens (including phenoxy) is 1. The van der Waals surface area contributed by atoms with Crippen molar-refractivity contribution in [3.63, 3.8) is 0 Å². The first-order chi connectivity index (χ1) is 9.65. The molecule has 0 radical (unpaired) electrons. The molecule has 1 heterocycles. The third-order valence-electron chi connectivity index (χ3n) is 4.79. The molecule has 0 amide bonds. The fourth-order valence-electron chi connectivity index (χ4n) is 3.86. The maximum Gasteiger partial charge on any atom is 0.303 e. The van der Waals surface area contributed by atoms with Crippen molar-refractivity contribution >= 4 is 18.0 Å². The van der Waals surface area contributed by atoms with Gasteiger partial charge in [0.2, 0.25) is 0 Å². The van der Waals surface area contributed by atoms with Gasteiger partial charge in [-0.3, -0.25) is 9.59 Å². The molecule has 2 aliphatic carbocycles. The van der Waals surface area contributed by atoms with Crippen LogP contribution in [0.4, 0.5) is 0 Å². The number of aliphatic carboxylic acids is 1. The summed E-state index contributed by atoms with van der Waals surface area (Å²) in [4.78, 5) is 33.7. The summed E-state index contributed by atoms with van der Waals surface area (Å²) in [5, 5.41) is 8.53. The molecule has 2 bridgehead atoms. The smallest absolute Gasteiger partial charge is 0.303 e. The number of fused-ring (bicyclic) bond motifs is 5. The van der Waals surface area contributed by atoms with E-state index in [-0.39, 0.29) is 48.1 Å². The van der Waals surface area contributed by atoms with E-state index in [0.717, 1.165) is 12.7 Å². The van der Waals surface area contributed by atoms with E-state index in [4.69, 9.17) is 9.84 Å². The Kier molecular flexibility index (Phi) is 3.46. The molecule has 3 rings (SSSR count). The third-order valence-corrected chi connectivity index (χ3v) is 4.79. The van der Waals surface area contributed by atoms with Crippen LogP contribution in [0, 0.1) is 23.7 Å². The van der Waals surface area contributed by atoms with Gasteiger partial charge in [-0.1, -0.05) is 12.2 Å². The Balaban J connectivity index is 1.52. The molecule has 0 spiro atoms. The highest BCUT2D eigenvalue weighted by Crippen LogP contribution is 2.59. The molecule has 5 nitrogen and oxygen atoms in total. The predicted molar refractivity (Wildman–Crippen MR) is 68.9 cm³/mol. The lowest BCUT2D eigenvalue weighted by Gasteiger charge is -2.21. The molecule has 3 aliphatic rings. The highest BCUT2D eigenvalue weighted by Gasteiger charge is 2.71. The van der Waals surface area contributed by atoms with Crippen LogP contribution in [0.3, 0.4) is 0 Å². The number of Topliss-reactive ketones (excluding diaryl/α,β-unsaturated/α-hetero) is 1. The SMILES string of the molecule is O=C[C@@H]1[C@H](C/C=C\CCCC(=O)O)[C@H]2C(=O)[C@@H]1[C@H]1O[C@H]12. The Morgan fingerprint density at radius 2 is 2.00 bits per heavy atom. The van der Waals surface area contributed by atoms with Gasteiger partial charge < -0.3 is 14.6 Å². The van der Waals surface area contributed by atoms with Crippen molar-refractivity contribution in [2.75, 3.05) is 0 Å². The summed E-state index contributed by atoms with van der Waals surface area (Å²) in [7, 11) is 0. The number of carbonyl (C=O) groups is 3. The zero-order valence-electron chi connectivity index (χ0n) is 11.1. The van der Waals surface area contributed by atoms with E-state index in [1.165, 1.54) is 0 Å². The second-order valence-electron chi connectivity index (χ2n) is 5.89. The van der Waals surface area contributed by atoms with E-state index in [9.17, 15) is 14.4 Å². The number of rotatable bonds is 7. The second-order valence-corrected chi connectivity index (χ2v) is 5.89. The van der Waals surface area contributed by atoms with Crippen LogP contribution in [0.2, 0.25) is 0 Å². The molecule has 2 saturated carbocycles. The molecule has 3 fully saturated rings. The number of carboxylic acid groups (broad SMARTS) is 1. The fraction of sp³-hybridized carbons (Fsp3) is 0.667. The zero-order valence-corrected chi connectivity index (χ0v) is 11.1. The van der Waals surface area contributed by atoms with Crippen molar-refractivity contribution in [3.05, 3.63) is 12.2 Å². The van der Waals surface area contributed by atoms with E-state index in [0.29, 0.717) is 12.8 Å². The van der Waals surface area contributed by atoms with E-state index in [2.05, 4.69) is 0 Å². The molecular weight excluding hydrogens is 260 g/mol. The number of allylic oxidation sites excluding steroid dienone is 2. The Morgan fingerprint density at radius 1 is 1.25 bits per heavy atom. The largest absolute Gasteiger partial charge is 0.481 e. The first kappa shape index (κ1) is 13.5.